The van der Waals surface area contributed by atoms with Gasteiger partial charge in [0.05, 0.1) is 4.47 Å². The Bertz CT molecular complexity index is 590. The molecule has 0 heterocycles. The molecule has 0 unspecified atom stereocenters. The van der Waals surface area contributed by atoms with Crippen molar-refractivity contribution in [2.45, 2.75) is 13.2 Å². The van der Waals surface area contributed by atoms with Crippen LogP contribution in [0.4, 0.5) is 8.78 Å². The molecule has 0 aliphatic heterocycles. The van der Waals surface area contributed by atoms with Crippen LogP contribution in [0.1, 0.15) is 11.1 Å². The van der Waals surface area contributed by atoms with E-state index in [-0.39, 0.29) is 6.61 Å². The fourth-order valence-corrected chi connectivity index (χ4v) is 2.12. The van der Waals surface area contributed by atoms with Crippen LogP contribution in [-0.2, 0) is 13.2 Å². The lowest BCUT2D eigenvalue weighted by molar-refractivity contribution is 0.297. The number of ether oxygens (including phenoxy) is 1. The van der Waals surface area contributed by atoms with Crippen molar-refractivity contribution in [2.75, 3.05) is 0 Å². The van der Waals surface area contributed by atoms with Crippen LogP contribution in [0.15, 0.2) is 40.9 Å². The molecule has 0 radical (unpaired) electrons. The van der Waals surface area contributed by atoms with E-state index in [0.717, 1.165) is 16.1 Å². The number of nitrogens with two attached hydrogens (primary N) is 1. The second kappa shape index (κ2) is 6.12. The van der Waals surface area contributed by atoms with Crippen LogP contribution in [0.5, 0.6) is 5.75 Å². The molecule has 0 spiro atoms. The molecular formula is C14H12BrF2NO. The largest absolute Gasteiger partial charge is 0.488 e. The Morgan fingerprint density at radius 2 is 1.89 bits per heavy atom. The molecule has 0 atom stereocenters. The third kappa shape index (κ3) is 3.52. The van der Waals surface area contributed by atoms with E-state index in [1.54, 1.807) is 6.07 Å². The van der Waals surface area contributed by atoms with Crippen molar-refractivity contribution < 1.29 is 13.5 Å². The van der Waals surface area contributed by atoms with Crippen molar-refractivity contribution in [1.29, 1.82) is 0 Å². The molecule has 19 heavy (non-hydrogen) atoms. The van der Waals surface area contributed by atoms with E-state index in [1.165, 1.54) is 12.1 Å². The summed E-state index contributed by atoms with van der Waals surface area (Å²) < 4.78 is 32.4. The van der Waals surface area contributed by atoms with Gasteiger partial charge in [0.1, 0.15) is 24.0 Å². The van der Waals surface area contributed by atoms with Crippen LogP contribution >= 0.6 is 15.9 Å². The highest BCUT2D eigenvalue weighted by atomic mass is 79.9. The summed E-state index contributed by atoms with van der Waals surface area (Å²) in [5, 5.41) is 0. The summed E-state index contributed by atoms with van der Waals surface area (Å²) in [7, 11) is 0. The summed E-state index contributed by atoms with van der Waals surface area (Å²) in [5.41, 5.74) is 6.79. The maximum absolute atomic E-state index is 13.4. The molecule has 0 bridgehead atoms. The summed E-state index contributed by atoms with van der Waals surface area (Å²) in [5.74, 6) is -0.634. The van der Waals surface area contributed by atoms with E-state index >= 15 is 0 Å². The molecule has 2 nitrogen and oxygen atoms in total. The van der Waals surface area contributed by atoms with Crippen LogP contribution in [0.3, 0.4) is 0 Å². The average molecular weight is 328 g/mol. The first-order valence-corrected chi connectivity index (χ1v) is 6.44. The van der Waals surface area contributed by atoms with Gasteiger partial charge in [-0.2, -0.15) is 0 Å². The standard InChI is InChI=1S/C14H12BrF2NO/c15-12-5-9(7-18)1-4-14(12)19-8-10-2-3-11(16)6-13(10)17/h1-6H,7-8,18H2. The second-order valence-corrected chi connectivity index (χ2v) is 4.85. The van der Waals surface area contributed by atoms with Crippen LogP contribution < -0.4 is 10.5 Å². The molecule has 2 aromatic rings. The molecule has 5 heteroatoms. The minimum absolute atomic E-state index is 0.0344. The predicted molar refractivity (Wildman–Crippen MR) is 72.7 cm³/mol. The van der Waals surface area contributed by atoms with Crippen molar-refractivity contribution >= 4 is 15.9 Å². The molecule has 100 valence electrons. The van der Waals surface area contributed by atoms with Crippen LogP contribution in [0, 0.1) is 11.6 Å². The first kappa shape index (κ1) is 14.0. The van der Waals surface area contributed by atoms with Gasteiger partial charge in [-0.1, -0.05) is 6.07 Å². The number of benzene rings is 2. The van der Waals surface area contributed by atoms with Gasteiger partial charge >= 0.3 is 0 Å². The van der Waals surface area contributed by atoms with Gasteiger partial charge < -0.3 is 10.5 Å². The maximum Gasteiger partial charge on any atom is 0.134 e. The molecule has 0 amide bonds. The van der Waals surface area contributed by atoms with Crippen molar-refractivity contribution in [2.24, 2.45) is 5.73 Å². The topological polar surface area (TPSA) is 35.2 Å². The number of halogens is 3. The zero-order chi connectivity index (χ0) is 13.8. The fourth-order valence-electron chi connectivity index (χ4n) is 1.58. The maximum atomic E-state index is 13.4. The lowest BCUT2D eigenvalue weighted by Crippen LogP contribution is -2.01. The van der Waals surface area contributed by atoms with Gasteiger partial charge in [0.15, 0.2) is 0 Å². The molecule has 2 rings (SSSR count). The monoisotopic (exact) mass is 327 g/mol. The Kier molecular flexibility index (Phi) is 4.50. The molecule has 0 aromatic heterocycles. The third-order valence-electron chi connectivity index (χ3n) is 2.63. The summed E-state index contributed by atoms with van der Waals surface area (Å²) in [6.07, 6.45) is 0. The first-order chi connectivity index (χ1) is 9.10. The van der Waals surface area contributed by atoms with E-state index in [9.17, 15) is 8.78 Å². The van der Waals surface area contributed by atoms with Gasteiger partial charge in [-0.05, 0) is 45.8 Å². The van der Waals surface area contributed by atoms with Crippen LogP contribution in [0.2, 0.25) is 0 Å². The highest BCUT2D eigenvalue weighted by Gasteiger charge is 2.07. The van der Waals surface area contributed by atoms with Crippen LogP contribution in [0.25, 0.3) is 0 Å². The van der Waals surface area contributed by atoms with Crippen molar-refractivity contribution in [1.82, 2.24) is 0 Å². The van der Waals surface area contributed by atoms with Gasteiger partial charge in [-0.3, -0.25) is 0 Å². The van der Waals surface area contributed by atoms with Gasteiger partial charge in [0, 0.05) is 18.2 Å². The lowest BCUT2D eigenvalue weighted by atomic mass is 10.2. The first-order valence-electron chi connectivity index (χ1n) is 5.65. The predicted octanol–water partition coefficient (Wildman–Crippen LogP) is 3.77. The van der Waals surface area contributed by atoms with E-state index in [2.05, 4.69) is 15.9 Å². The Balaban J connectivity index is 2.10. The zero-order valence-electron chi connectivity index (χ0n) is 10.00. The molecule has 0 aliphatic carbocycles. The van der Waals surface area contributed by atoms with Crippen LogP contribution in [-0.4, -0.2) is 0 Å². The fraction of sp³-hybridized carbons (Fsp3) is 0.143. The number of hydrogen-bond acceptors (Lipinski definition) is 2. The molecule has 0 saturated carbocycles. The Hall–Kier alpha value is -1.46. The van der Waals surface area contributed by atoms with E-state index in [1.807, 2.05) is 12.1 Å². The average Bonchev–Trinajstić information content (AvgIpc) is 2.39. The molecule has 0 fully saturated rings. The summed E-state index contributed by atoms with van der Waals surface area (Å²) in [6.45, 7) is 0.470. The van der Waals surface area contributed by atoms with E-state index < -0.39 is 11.6 Å². The second-order valence-electron chi connectivity index (χ2n) is 3.99. The third-order valence-corrected chi connectivity index (χ3v) is 3.25. The molecule has 0 aliphatic rings. The van der Waals surface area contributed by atoms with E-state index in [0.29, 0.717) is 17.9 Å². The van der Waals surface area contributed by atoms with Crippen molar-refractivity contribution in [3.8, 4) is 5.75 Å². The number of hydrogen-bond donors (Lipinski definition) is 1. The Morgan fingerprint density at radius 3 is 2.53 bits per heavy atom. The molecule has 2 aromatic carbocycles. The summed E-state index contributed by atoms with van der Waals surface area (Å²) in [4.78, 5) is 0. The quantitative estimate of drug-likeness (QED) is 0.927. The number of rotatable bonds is 4. The van der Waals surface area contributed by atoms with Gasteiger partial charge in [-0.25, -0.2) is 8.78 Å². The summed E-state index contributed by atoms with van der Waals surface area (Å²) >= 11 is 3.36. The minimum Gasteiger partial charge on any atom is -0.488 e. The van der Waals surface area contributed by atoms with Gasteiger partial charge in [-0.15, -0.1) is 0 Å². The SMILES string of the molecule is NCc1ccc(OCc2ccc(F)cc2F)c(Br)c1. The Morgan fingerprint density at radius 1 is 1.11 bits per heavy atom. The molecule has 2 N–H and O–H groups in total. The van der Waals surface area contributed by atoms with Crippen molar-refractivity contribution in [3.05, 3.63) is 63.6 Å². The van der Waals surface area contributed by atoms with Gasteiger partial charge in [0.25, 0.3) is 0 Å². The van der Waals surface area contributed by atoms with E-state index in [4.69, 9.17) is 10.5 Å². The van der Waals surface area contributed by atoms with Gasteiger partial charge in [0.2, 0.25) is 0 Å². The molecule has 0 saturated heterocycles. The highest BCUT2D eigenvalue weighted by molar-refractivity contribution is 9.10. The highest BCUT2D eigenvalue weighted by Crippen LogP contribution is 2.27. The molecular weight excluding hydrogens is 316 g/mol. The minimum atomic E-state index is -0.616. The summed E-state index contributed by atoms with van der Waals surface area (Å²) in [6, 6.07) is 8.84. The normalized spacial score (nSPS) is 10.5. The zero-order valence-corrected chi connectivity index (χ0v) is 11.6. The lowest BCUT2D eigenvalue weighted by Gasteiger charge is -2.10. The smallest absolute Gasteiger partial charge is 0.134 e. The van der Waals surface area contributed by atoms with Crippen molar-refractivity contribution in [3.63, 3.8) is 0 Å². The Labute approximate surface area is 118 Å².